The van der Waals surface area contributed by atoms with Gasteiger partial charge in [0.1, 0.15) is 5.82 Å². The van der Waals surface area contributed by atoms with Crippen LogP contribution in [0.5, 0.6) is 0 Å². The van der Waals surface area contributed by atoms with E-state index in [1.165, 1.54) is 51.3 Å². The van der Waals surface area contributed by atoms with Crippen LogP contribution in [0.1, 0.15) is 31.0 Å². The molecule has 0 amide bonds. The van der Waals surface area contributed by atoms with Crippen LogP contribution in [0.4, 0.5) is 4.39 Å². The molecule has 5 heteroatoms. The van der Waals surface area contributed by atoms with Gasteiger partial charge in [-0.3, -0.25) is 9.88 Å². The lowest BCUT2D eigenvalue weighted by atomic mass is 10.1. The van der Waals surface area contributed by atoms with E-state index in [-0.39, 0.29) is 11.9 Å². The molecule has 1 aliphatic heterocycles. The van der Waals surface area contributed by atoms with E-state index in [0.717, 1.165) is 24.7 Å². The molecule has 1 atom stereocenters. The summed E-state index contributed by atoms with van der Waals surface area (Å²) in [5, 5.41) is 3.29. The Morgan fingerprint density at radius 3 is 2.62 bits per heavy atom. The third kappa shape index (κ3) is 3.99. The fourth-order valence-corrected chi connectivity index (χ4v) is 3.14. The first-order chi connectivity index (χ1) is 10.3. The Kier molecular flexibility index (Phi) is 4.83. The maximum Gasteiger partial charge on any atom is 0.141 e. The Morgan fingerprint density at radius 2 is 2.05 bits per heavy atom. The minimum Gasteiger partial charge on any atom is -0.312 e. The average Bonchev–Trinajstić information content (AvgIpc) is 3.35. The summed E-state index contributed by atoms with van der Waals surface area (Å²) in [6.07, 6.45) is 5.11. The van der Waals surface area contributed by atoms with Crippen molar-refractivity contribution in [2.24, 2.45) is 0 Å². The van der Waals surface area contributed by atoms with E-state index in [1.807, 2.05) is 7.05 Å². The van der Waals surface area contributed by atoms with Gasteiger partial charge >= 0.3 is 0 Å². The molecular weight excluding hydrogens is 267 g/mol. The highest BCUT2D eigenvalue weighted by Gasteiger charge is 2.31. The summed E-state index contributed by atoms with van der Waals surface area (Å²) in [7, 11) is 1.95. The molecule has 0 radical (unpaired) electrons. The molecule has 1 saturated carbocycles. The normalized spacial score (nSPS) is 22.4. The number of pyridine rings is 1. The van der Waals surface area contributed by atoms with Crippen molar-refractivity contribution in [3.8, 4) is 0 Å². The SMILES string of the molecule is CNC(CCN1CCN(C2CC2)CC1)c1ccc(F)cn1. The van der Waals surface area contributed by atoms with Gasteiger partial charge < -0.3 is 10.2 Å². The van der Waals surface area contributed by atoms with Crippen molar-refractivity contribution in [2.45, 2.75) is 31.3 Å². The zero-order valence-corrected chi connectivity index (χ0v) is 12.8. The van der Waals surface area contributed by atoms with Crippen molar-refractivity contribution in [1.29, 1.82) is 0 Å². The van der Waals surface area contributed by atoms with Crippen LogP contribution in [-0.4, -0.2) is 60.6 Å². The Hall–Kier alpha value is -1.04. The van der Waals surface area contributed by atoms with Crippen molar-refractivity contribution in [3.63, 3.8) is 0 Å². The molecule has 2 fully saturated rings. The third-order valence-electron chi connectivity index (χ3n) is 4.66. The molecule has 1 aromatic rings. The zero-order valence-electron chi connectivity index (χ0n) is 12.8. The molecule has 116 valence electrons. The summed E-state index contributed by atoms with van der Waals surface area (Å²) in [4.78, 5) is 9.36. The number of nitrogens with zero attached hydrogens (tertiary/aromatic N) is 3. The molecule has 1 unspecified atom stereocenters. The summed E-state index contributed by atoms with van der Waals surface area (Å²) in [5.74, 6) is -0.273. The minimum absolute atomic E-state index is 0.201. The van der Waals surface area contributed by atoms with Gasteiger partial charge in [0.05, 0.1) is 17.9 Å². The van der Waals surface area contributed by atoms with E-state index in [0.29, 0.717) is 0 Å². The first kappa shape index (κ1) is 14.9. The van der Waals surface area contributed by atoms with Gasteiger partial charge in [-0.15, -0.1) is 0 Å². The predicted octanol–water partition coefficient (Wildman–Crippen LogP) is 1.65. The van der Waals surface area contributed by atoms with Gasteiger partial charge in [-0.25, -0.2) is 4.39 Å². The monoisotopic (exact) mass is 292 g/mol. The van der Waals surface area contributed by atoms with Crippen molar-refractivity contribution in [1.82, 2.24) is 20.1 Å². The van der Waals surface area contributed by atoms with E-state index in [1.54, 1.807) is 6.07 Å². The van der Waals surface area contributed by atoms with Crippen LogP contribution in [0.25, 0.3) is 0 Å². The Bertz CT molecular complexity index is 438. The molecule has 21 heavy (non-hydrogen) atoms. The highest BCUT2D eigenvalue weighted by molar-refractivity contribution is 5.09. The Balaban J connectivity index is 1.45. The van der Waals surface area contributed by atoms with E-state index < -0.39 is 0 Å². The molecular formula is C16H25FN4. The van der Waals surface area contributed by atoms with Gasteiger partial charge in [0, 0.05) is 38.8 Å². The Morgan fingerprint density at radius 1 is 1.29 bits per heavy atom. The number of nitrogens with one attached hydrogen (secondary N) is 1. The summed E-state index contributed by atoms with van der Waals surface area (Å²) >= 11 is 0. The van der Waals surface area contributed by atoms with E-state index in [2.05, 4.69) is 20.1 Å². The number of halogens is 1. The second-order valence-corrected chi connectivity index (χ2v) is 6.14. The van der Waals surface area contributed by atoms with Crippen LogP contribution < -0.4 is 5.32 Å². The highest BCUT2D eigenvalue weighted by Crippen LogP contribution is 2.27. The van der Waals surface area contributed by atoms with Gasteiger partial charge in [-0.1, -0.05) is 0 Å². The molecule has 3 rings (SSSR count). The maximum atomic E-state index is 12.9. The summed E-state index contributed by atoms with van der Waals surface area (Å²) in [5.41, 5.74) is 0.926. The lowest BCUT2D eigenvalue weighted by Gasteiger charge is -2.35. The van der Waals surface area contributed by atoms with Crippen LogP contribution in [0.15, 0.2) is 18.3 Å². The van der Waals surface area contributed by atoms with Crippen molar-refractivity contribution >= 4 is 0 Å². The lowest BCUT2D eigenvalue weighted by Crippen LogP contribution is -2.47. The molecule has 1 aliphatic carbocycles. The fourth-order valence-electron chi connectivity index (χ4n) is 3.14. The second kappa shape index (κ2) is 6.81. The fraction of sp³-hybridized carbons (Fsp3) is 0.688. The van der Waals surface area contributed by atoms with Crippen molar-refractivity contribution in [3.05, 3.63) is 29.8 Å². The predicted molar refractivity (Wildman–Crippen MR) is 81.6 cm³/mol. The van der Waals surface area contributed by atoms with Gasteiger partial charge in [0.15, 0.2) is 0 Å². The number of hydrogen-bond donors (Lipinski definition) is 1. The molecule has 2 heterocycles. The van der Waals surface area contributed by atoms with Gasteiger partial charge in [-0.2, -0.15) is 0 Å². The number of aromatic nitrogens is 1. The van der Waals surface area contributed by atoms with Gasteiger partial charge in [0.25, 0.3) is 0 Å². The van der Waals surface area contributed by atoms with Crippen LogP contribution in [-0.2, 0) is 0 Å². The largest absolute Gasteiger partial charge is 0.312 e. The first-order valence-electron chi connectivity index (χ1n) is 8.01. The topological polar surface area (TPSA) is 31.4 Å². The first-order valence-corrected chi connectivity index (χ1v) is 8.01. The van der Waals surface area contributed by atoms with Gasteiger partial charge in [0.2, 0.25) is 0 Å². The summed E-state index contributed by atoms with van der Waals surface area (Å²) < 4.78 is 12.9. The van der Waals surface area contributed by atoms with Crippen LogP contribution in [0.2, 0.25) is 0 Å². The summed E-state index contributed by atoms with van der Waals surface area (Å²) in [6.45, 7) is 5.84. The average molecular weight is 292 g/mol. The van der Waals surface area contributed by atoms with Crippen LogP contribution in [0, 0.1) is 5.82 Å². The molecule has 1 saturated heterocycles. The number of hydrogen-bond acceptors (Lipinski definition) is 4. The lowest BCUT2D eigenvalue weighted by molar-refractivity contribution is 0.123. The minimum atomic E-state index is -0.273. The standard InChI is InChI=1S/C16H25FN4/c1-18-15(16-5-2-13(17)12-19-16)6-7-20-8-10-21(11-9-20)14-3-4-14/h2,5,12,14-15,18H,3-4,6-11H2,1H3. The van der Waals surface area contributed by atoms with E-state index in [4.69, 9.17) is 0 Å². The maximum absolute atomic E-state index is 12.9. The zero-order chi connectivity index (χ0) is 14.7. The van der Waals surface area contributed by atoms with E-state index >= 15 is 0 Å². The molecule has 2 aliphatic rings. The molecule has 0 aromatic carbocycles. The van der Waals surface area contributed by atoms with Crippen LogP contribution >= 0.6 is 0 Å². The third-order valence-corrected chi connectivity index (χ3v) is 4.66. The molecule has 0 bridgehead atoms. The number of piperazine rings is 1. The van der Waals surface area contributed by atoms with Crippen molar-refractivity contribution < 1.29 is 4.39 Å². The molecule has 4 nitrogen and oxygen atoms in total. The second-order valence-electron chi connectivity index (χ2n) is 6.14. The molecule has 0 spiro atoms. The highest BCUT2D eigenvalue weighted by atomic mass is 19.1. The molecule has 1 N–H and O–H groups in total. The van der Waals surface area contributed by atoms with E-state index in [9.17, 15) is 4.39 Å². The van der Waals surface area contributed by atoms with Crippen molar-refractivity contribution in [2.75, 3.05) is 39.8 Å². The quantitative estimate of drug-likeness (QED) is 0.864. The van der Waals surface area contributed by atoms with Crippen LogP contribution in [0.3, 0.4) is 0 Å². The van der Waals surface area contributed by atoms with Gasteiger partial charge in [-0.05, 0) is 38.4 Å². The Labute approximate surface area is 126 Å². The summed E-state index contributed by atoms with van der Waals surface area (Å²) in [6, 6.07) is 4.36. The molecule has 1 aromatic heterocycles. The smallest absolute Gasteiger partial charge is 0.141 e. The number of rotatable bonds is 6.